The molecular weight excluding hydrogens is 307 g/mol. The third kappa shape index (κ3) is 8.50. The largest absolute Gasteiger partial charge is 0.357 e. The molecule has 3 N–H and O–H groups in total. The predicted octanol–water partition coefficient (Wildman–Crippen LogP) is 2.23. The lowest BCUT2D eigenvalue weighted by molar-refractivity contribution is -0.121. The average molecular weight is 336 g/mol. The Bertz CT molecular complexity index is 534. The van der Waals surface area contributed by atoms with E-state index in [1.807, 2.05) is 26.8 Å². The van der Waals surface area contributed by atoms with Crippen molar-refractivity contribution in [1.82, 2.24) is 16.0 Å². The summed E-state index contributed by atoms with van der Waals surface area (Å²) >= 11 is 0. The molecule has 0 bridgehead atoms. The molecule has 6 heteroatoms. The number of benzene rings is 1. The number of hydrogen-bond donors (Lipinski definition) is 3. The van der Waals surface area contributed by atoms with Crippen molar-refractivity contribution in [2.45, 2.75) is 46.1 Å². The molecule has 0 aromatic heterocycles. The normalized spacial score (nSPS) is 12.6. The molecule has 0 spiro atoms. The number of nitrogens with one attached hydrogen (secondary N) is 3. The van der Waals surface area contributed by atoms with Gasteiger partial charge in [-0.3, -0.25) is 9.79 Å². The summed E-state index contributed by atoms with van der Waals surface area (Å²) in [5.74, 6) is 0.467. The first kappa shape index (κ1) is 19.9. The van der Waals surface area contributed by atoms with Crippen LogP contribution in [0.2, 0.25) is 0 Å². The quantitative estimate of drug-likeness (QED) is 0.479. The Morgan fingerprint density at radius 3 is 2.75 bits per heavy atom. The van der Waals surface area contributed by atoms with Crippen LogP contribution in [0, 0.1) is 5.82 Å². The second kappa shape index (κ2) is 11.4. The molecule has 1 atom stereocenters. The summed E-state index contributed by atoms with van der Waals surface area (Å²) in [6, 6.07) is 6.77. The molecule has 1 amide bonds. The SMILES string of the molecule is CCNC(=NCCC(=O)NC(C)CC)NCCc1cccc(F)c1. The van der Waals surface area contributed by atoms with Crippen molar-refractivity contribution in [1.29, 1.82) is 0 Å². The second-order valence-electron chi connectivity index (χ2n) is 5.69. The zero-order chi connectivity index (χ0) is 17.8. The van der Waals surface area contributed by atoms with Crippen LogP contribution in [0.1, 0.15) is 39.2 Å². The van der Waals surface area contributed by atoms with Crippen LogP contribution in [0.15, 0.2) is 29.3 Å². The molecule has 1 aromatic rings. The standard InChI is InChI=1S/C18H29FN4O/c1-4-14(3)23-17(24)10-12-22-18(20-5-2)21-11-9-15-7-6-8-16(19)13-15/h6-8,13-14H,4-5,9-12H2,1-3H3,(H,23,24)(H2,20,21,22). The molecule has 0 fully saturated rings. The van der Waals surface area contributed by atoms with E-state index in [0.29, 0.717) is 31.9 Å². The number of carbonyl (C=O) groups excluding carboxylic acids is 1. The Labute approximate surface area is 144 Å². The van der Waals surface area contributed by atoms with E-state index in [9.17, 15) is 9.18 Å². The van der Waals surface area contributed by atoms with E-state index >= 15 is 0 Å². The smallest absolute Gasteiger partial charge is 0.222 e. The first-order valence-electron chi connectivity index (χ1n) is 8.61. The van der Waals surface area contributed by atoms with Gasteiger partial charge in [0.05, 0.1) is 6.54 Å². The zero-order valence-corrected chi connectivity index (χ0v) is 14.9. The second-order valence-corrected chi connectivity index (χ2v) is 5.69. The van der Waals surface area contributed by atoms with Crippen molar-refractivity contribution in [2.24, 2.45) is 4.99 Å². The fourth-order valence-corrected chi connectivity index (χ4v) is 2.08. The fourth-order valence-electron chi connectivity index (χ4n) is 2.08. The molecule has 0 heterocycles. The van der Waals surface area contributed by atoms with E-state index in [4.69, 9.17) is 0 Å². The highest BCUT2D eigenvalue weighted by molar-refractivity contribution is 5.80. The van der Waals surface area contributed by atoms with Crippen LogP contribution < -0.4 is 16.0 Å². The summed E-state index contributed by atoms with van der Waals surface area (Å²) in [5.41, 5.74) is 0.936. The number of amides is 1. The molecule has 1 unspecified atom stereocenters. The first-order chi connectivity index (χ1) is 11.5. The highest BCUT2D eigenvalue weighted by Gasteiger charge is 2.05. The van der Waals surface area contributed by atoms with Crippen molar-refractivity contribution >= 4 is 11.9 Å². The van der Waals surface area contributed by atoms with Crippen molar-refractivity contribution in [3.63, 3.8) is 0 Å². The van der Waals surface area contributed by atoms with Crippen LogP contribution in [-0.2, 0) is 11.2 Å². The van der Waals surface area contributed by atoms with Crippen molar-refractivity contribution in [2.75, 3.05) is 19.6 Å². The van der Waals surface area contributed by atoms with Crippen LogP contribution in [0.4, 0.5) is 4.39 Å². The molecule has 0 aliphatic carbocycles. The summed E-state index contributed by atoms with van der Waals surface area (Å²) < 4.78 is 13.1. The third-order valence-electron chi connectivity index (χ3n) is 3.57. The molecule has 0 radical (unpaired) electrons. The van der Waals surface area contributed by atoms with Gasteiger partial charge in [0, 0.05) is 25.6 Å². The van der Waals surface area contributed by atoms with Gasteiger partial charge < -0.3 is 16.0 Å². The van der Waals surface area contributed by atoms with Gasteiger partial charge in [-0.2, -0.15) is 0 Å². The minimum atomic E-state index is -0.222. The van der Waals surface area contributed by atoms with E-state index in [2.05, 4.69) is 20.9 Å². The molecule has 0 saturated carbocycles. The van der Waals surface area contributed by atoms with Gasteiger partial charge in [0.15, 0.2) is 5.96 Å². The van der Waals surface area contributed by atoms with E-state index in [1.54, 1.807) is 6.07 Å². The molecular formula is C18H29FN4O. The molecule has 24 heavy (non-hydrogen) atoms. The summed E-state index contributed by atoms with van der Waals surface area (Å²) in [7, 11) is 0. The number of guanidine groups is 1. The maximum Gasteiger partial charge on any atom is 0.222 e. The lowest BCUT2D eigenvalue weighted by atomic mass is 10.1. The fraction of sp³-hybridized carbons (Fsp3) is 0.556. The molecule has 1 rings (SSSR count). The Balaban J connectivity index is 2.38. The van der Waals surface area contributed by atoms with Gasteiger partial charge in [-0.1, -0.05) is 19.1 Å². The number of hydrogen-bond acceptors (Lipinski definition) is 2. The minimum absolute atomic E-state index is 0.0173. The summed E-state index contributed by atoms with van der Waals surface area (Å²) in [4.78, 5) is 16.1. The monoisotopic (exact) mass is 336 g/mol. The third-order valence-corrected chi connectivity index (χ3v) is 3.57. The van der Waals surface area contributed by atoms with Gasteiger partial charge in [0.1, 0.15) is 5.82 Å². The molecule has 0 aliphatic heterocycles. The van der Waals surface area contributed by atoms with Crippen LogP contribution in [-0.4, -0.2) is 37.5 Å². The van der Waals surface area contributed by atoms with E-state index < -0.39 is 0 Å². The van der Waals surface area contributed by atoms with E-state index in [-0.39, 0.29) is 17.8 Å². The number of carbonyl (C=O) groups is 1. The summed E-state index contributed by atoms with van der Waals surface area (Å²) in [6.45, 7) is 7.82. The lowest BCUT2D eigenvalue weighted by Gasteiger charge is -2.12. The maximum atomic E-state index is 13.1. The molecule has 1 aromatic carbocycles. The van der Waals surface area contributed by atoms with Gasteiger partial charge in [-0.25, -0.2) is 4.39 Å². The topological polar surface area (TPSA) is 65.5 Å². The van der Waals surface area contributed by atoms with Gasteiger partial charge in [0.25, 0.3) is 0 Å². The van der Waals surface area contributed by atoms with Crippen LogP contribution in [0.3, 0.4) is 0 Å². The average Bonchev–Trinajstić information content (AvgIpc) is 2.54. The van der Waals surface area contributed by atoms with Crippen molar-refractivity contribution < 1.29 is 9.18 Å². The minimum Gasteiger partial charge on any atom is -0.357 e. The molecule has 134 valence electrons. The summed E-state index contributed by atoms with van der Waals surface area (Å²) in [6.07, 6.45) is 1.99. The first-order valence-corrected chi connectivity index (χ1v) is 8.61. The lowest BCUT2D eigenvalue weighted by Crippen LogP contribution is -2.38. The maximum absolute atomic E-state index is 13.1. The number of nitrogens with zero attached hydrogens (tertiary/aromatic N) is 1. The Morgan fingerprint density at radius 2 is 2.08 bits per heavy atom. The van der Waals surface area contributed by atoms with Crippen molar-refractivity contribution in [3.05, 3.63) is 35.6 Å². The highest BCUT2D eigenvalue weighted by atomic mass is 19.1. The van der Waals surface area contributed by atoms with Crippen molar-refractivity contribution in [3.8, 4) is 0 Å². The van der Waals surface area contributed by atoms with Crippen LogP contribution >= 0.6 is 0 Å². The van der Waals surface area contributed by atoms with Crippen LogP contribution in [0.5, 0.6) is 0 Å². The zero-order valence-electron chi connectivity index (χ0n) is 14.9. The summed E-state index contributed by atoms with van der Waals surface area (Å²) in [5, 5.41) is 9.26. The number of halogens is 1. The number of aliphatic imine (C=N–C) groups is 1. The highest BCUT2D eigenvalue weighted by Crippen LogP contribution is 2.03. The Morgan fingerprint density at radius 1 is 1.29 bits per heavy atom. The van der Waals surface area contributed by atoms with Gasteiger partial charge in [-0.15, -0.1) is 0 Å². The van der Waals surface area contributed by atoms with Gasteiger partial charge >= 0.3 is 0 Å². The molecule has 0 aliphatic rings. The molecule has 5 nitrogen and oxygen atoms in total. The molecule has 0 saturated heterocycles. The Kier molecular flexibility index (Phi) is 9.49. The number of rotatable bonds is 9. The van der Waals surface area contributed by atoms with E-state index in [1.165, 1.54) is 12.1 Å². The Hall–Kier alpha value is -2.11. The van der Waals surface area contributed by atoms with Crippen LogP contribution in [0.25, 0.3) is 0 Å². The van der Waals surface area contributed by atoms with Gasteiger partial charge in [0.2, 0.25) is 5.91 Å². The van der Waals surface area contributed by atoms with E-state index in [0.717, 1.165) is 18.5 Å². The van der Waals surface area contributed by atoms with Gasteiger partial charge in [-0.05, 0) is 44.4 Å². The predicted molar refractivity (Wildman–Crippen MR) is 96.6 cm³/mol.